The van der Waals surface area contributed by atoms with Crippen LogP contribution in [0.5, 0.6) is 0 Å². The van der Waals surface area contributed by atoms with Crippen LogP contribution in [0.4, 0.5) is 11.8 Å². The molecule has 10 heteroatoms. The van der Waals surface area contributed by atoms with E-state index in [9.17, 15) is 0 Å². The Morgan fingerprint density at radius 3 is 2.92 bits per heavy atom. The Kier molecular flexibility index (Phi) is 4.11. The van der Waals surface area contributed by atoms with Crippen molar-refractivity contribution in [3.05, 3.63) is 24.5 Å². The van der Waals surface area contributed by atoms with Crippen molar-refractivity contribution < 1.29 is 9.62 Å². The highest BCUT2D eigenvalue weighted by Crippen LogP contribution is 2.32. The second kappa shape index (κ2) is 6.58. The summed E-state index contributed by atoms with van der Waals surface area (Å²) in [4.78, 5) is 12.6. The van der Waals surface area contributed by atoms with Gasteiger partial charge in [0.05, 0.1) is 5.39 Å². The summed E-state index contributed by atoms with van der Waals surface area (Å²) in [5, 5.41) is 14.1. The molecule has 0 saturated carbocycles. The molecule has 3 heterocycles. The van der Waals surface area contributed by atoms with Crippen molar-refractivity contribution in [2.24, 2.45) is 0 Å². The van der Waals surface area contributed by atoms with E-state index in [-0.39, 0.29) is 6.01 Å². The van der Waals surface area contributed by atoms with Gasteiger partial charge in [-0.05, 0) is 31.0 Å². The summed E-state index contributed by atoms with van der Waals surface area (Å²) in [6, 6.07) is 5.64. The molecule has 3 aromatic heterocycles. The predicted octanol–water partition coefficient (Wildman–Crippen LogP) is 1.56. The van der Waals surface area contributed by atoms with Crippen LogP contribution in [0.1, 0.15) is 12.8 Å². The van der Waals surface area contributed by atoms with Gasteiger partial charge in [-0.3, -0.25) is 0 Å². The van der Waals surface area contributed by atoms with Crippen LogP contribution in [0, 0.1) is 0 Å². The monoisotopic (exact) mass is 354 g/mol. The number of aromatic nitrogens is 5. The fourth-order valence-corrected chi connectivity index (χ4v) is 2.95. The van der Waals surface area contributed by atoms with Crippen LogP contribution < -0.4 is 16.9 Å². The van der Waals surface area contributed by atoms with Crippen molar-refractivity contribution in [1.82, 2.24) is 30.2 Å². The molecule has 1 aromatic carbocycles. The zero-order chi connectivity index (χ0) is 18.1. The topological polar surface area (TPSA) is 154 Å². The number of nitrogens with zero attached hydrogens (tertiary/aromatic N) is 5. The van der Waals surface area contributed by atoms with Crippen LogP contribution >= 0.6 is 0 Å². The number of rotatable bonds is 6. The van der Waals surface area contributed by atoms with Gasteiger partial charge in [0.1, 0.15) is 23.4 Å². The zero-order valence-electron chi connectivity index (χ0n) is 13.9. The molecule has 4 rings (SSSR count). The molecular formula is C16H18N8O2. The van der Waals surface area contributed by atoms with E-state index >= 15 is 0 Å². The van der Waals surface area contributed by atoms with Crippen LogP contribution in [0.2, 0.25) is 0 Å². The number of benzene rings is 1. The molecule has 26 heavy (non-hydrogen) atoms. The number of aryl methyl sites for hydroxylation is 1. The number of nitrogen functional groups attached to an aromatic ring is 2. The van der Waals surface area contributed by atoms with Gasteiger partial charge in [0.15, 0.2) is 11.2 Å². The molecule has 0 atom stereocenters. The lowest BCUT2D eigenvalue weighted by Crippen LogP contribution is -2.10. The van der Waals surface area contributed by atoms with Crippen molar-refractivity contribution in [3.8, 4) is 11.3 Å². The Hall–Kier alpha value is -3.24. The van der Waals surface area contributed by atoms with Gasteiger partial charge in [-0.2, -0.15) is 10.1 Å². The maximum Gasteiger partial charge on any atom is 0.292 e. The quantitative estimate of drug-likeness (QED) is 0.298. The van der Waals surface area contributed by atoms with Crippen LogP contribution in [0.15, 0.2) is 28.9 Å². The Balaban J connectivity index is 1.80. The molecule has 134 valence electrons. The molecule has 6 N–H and O–H groups in total. The molecule has 0 fully saturated rings. The maximum absolute atomic E-state index is 8.68. The average Bonchev–Trinajstić information content (AvgIpc) is 3.18. The van der Waals surface area contributed by atoms with Gasteiger partial charge >= 0.3 is 0 Å². The Bertz CT molecular complexity index is 1070. The number of fused-ring (bicyclic) bond motifs is 2. The summed E-state index contributed by atoms with van der Waals surface area (Å²) in [6.45, 7) is 1.17. The van der Waals surface area contributed by atoms with Gasteiger partial charge in [-0.25, -0.2) is 20.1 Å². The predicted molar refractivity (Wildman–Crippen MR) is 96.2 cm³/mol. The summed E-state index contributed by atoms with van der Waals surface area (Å²) in [5.74, 6) is 0.369. The first-order valence-corrected chi connectivity index (χ1v) is 8.18. The Labute approximate surface area is 147 Å². The number of unbranched alkanes of at least 4 members (excludes halogenated alkanes) is 1. The van der Waals surface area contributed by atoms with Crippen LogP contribution in [0.25, 0.3) is 33.4 Å². The summed E-state index contributed by atoms with van der Waals surface area (Å²) >= 11 is 0. The lowest BCUT2D eigenvalue weighted by molar-refractivity contribution is 0.164. The van der Waals surface area contributed by atoms with Crippen LogP contribution in [0.3, 0.4) is 0 Å². The molecule has 4 aromatic rings. The summed E-state index contributed by atoms with van der Waals surface area (Å²) in [7, 11) is 0. The smallest absolute Gasteiger partial charge is 0.292 e. The average molecular weight is 354 g/mol. The lowest BCUT2D eigenvalue weighted by atomic mass is 10.1. The number of hydrogen-bond acceptors (Lipinski definition) is 9. The third-order valence-corrected chi connectivity index (χ3v) is 4.14. The molecule has 10 nitrogen and oxygen atoms in total. The first-order chi connectivity index (χ1) is 12.7. The van der Waals surface area contributed by atoms with E-state index in [2.05, 4.69) is 20.4 Å². The number of hydroxylamine groups is 1. The van der Waals surface area contributed by atoms with Crippen molar-refractivity contribution in [2.45, 2.75) is 19.4 Å². The van der Waals surface area contributed by atoms with Gasteiger partial charge in [0.2, 0.25) is 0 Å². The van der Waals surface area contributed by atoms with Gasteiger partial charge in [-0.1, -0.05) is 0 Å². The number of nitrogens with two attached hydrogens (primary N) is 2. The number of hydrogen-bond donors (Lipinski definition) is 4. The number of oxazole rings is 1. The highest BCUT2D eigenvalue weighted by Gasteiger charge is 2.17. The van der Waals surface area contributed by atoms with E-state index in [4.69, 9.17) is 26.2 Å². The normalized spacial score (nSPS) is 11.6. The first-order valence-electron chi connectivity index (χ1n) is 8.18. The van der Waals surface area contributed by atoms with E-state index in [1.165, 1.54) is 6.33 Å². The third-order valence-electron chi connectivity index (χ3n) is 4.14. The molecule has 0 saturated heterocycles. The Morgan fingerprint density at radius 2 is 2.08 bits per heavy atom. The molecule has 0 spiro atoms. The fourth-order valence-electron chi connectivity index (χ4n) is 2.95. The van der Waals surface area contributed by atoms with Gasteiger partial charge < -0.3 is 21.1 Å². The number of nitrogens with one attached hydrogen (secondary N) is 1. The van der Waals surface area contributed by atoms with Crippen molar-refractivity contribution in [3.63, 3.8) is 0 Å². The summed E-state index contributed by atoms with van der Waals surface area (Å²) in [5.41, 5.74) is 17.3. The first kappa shape index (κ1) is 16.2. The van der Waals surface area contributed by atoms with Gasteiger partial charge in [0.25, 0.3) is 6.01 Å². The summed E-state index contributed by atoms with van der Waals surface area (Å²) < 4.78 is 7.12. The highest BCUT2D eigenvalue weighted by molar-refractivity contribution is 5.99. The second-order valence-corrected chi connectivity index (χ2v) is 5.88. The third kappa shape index (κ3) is 2.80. The SMILES string of the molecule is Nc1nc2cc(-c3nn(CCCCNO)c4ncnc(N)c34)ccc2o1. The van der Waals surface area contributed by atoms with Crippen molar-refractivity contribution >= 4 is 34.0 Å². The van der Waals surface area contributed by atoms with Crippen LogP contribution in [-0.2, 0) is 6.54 Å². The highest BCUT2D eigenvalue weighted by atomic mass is 16.5. The minimum atomic E-state index is 0.118. The van der Waals surface area contributed by atoms with Crippen LogP contribution in [-0.4, -0.2) is 36.5 Å². The number of anilines is 2. The molecule has 0 aliphatic heterocycles. The van der Waals surface area contributed by atoms with Crippen molar-refractivity contribution in [1.29, 1.82) is 0 Å². The summed E-state index contributed by atoms with van der Waals surface area (Å²) in [6.07, 6.45) is 3.06. The minimum absolute atomic E-state index is 0.118. The van der Waals surface area contributed by atoms with Crippen molar-refractivity contribution in [2.75, 3.05) is 18.0 Å². The molecular weight excluding hydrogens is 336 g/mol. The molecule has 0 bridgehead atoms. The standard InChI is InChI=1S/C16H18N8O2/c17-14-12-13(9-3-4-11-10(7-9)22-16(18)26-11)23-24(6-2-1-5-21-25)15(12)20-8-19-14/h3-4,7-8,21,25H,1-2,5-6H2,(H2,18,22)(H2,17,19,20). The van der Waals surface area contributed by atoms with Gasteiger partial charge in [-0.15, -0.1) is 0 Å². The second-order valence-electron chi connectivity index (χ2n) is 5.88. The largest absolute Gasteiger partial charge is 0.424 e. The van der Waals surface area contributed by atoms with E-state index in [0.717, 1.165) is 18.4 Å². The molecule has 0 amide bonds. The lowest BCUT2D eigenvalue weighted by Gasteiger charge is -2.02. The minimum Gasteiger partial charge on any atom is -0.424 e. The molecule has 0 aliphatic rings. The maximum atomic E-state index is 8.68. The van der Waals surface area contributed by atoms with E-state index < -0.39 is 0 Å². The van der Waals surface area contributed by atoms with E-state index in [1.807, 2.05) is 12.1 Å². The Morgan fingerprint density at radius 1 is 1.19 bits per heavy atom. The van der Waals surface area contributed by atoms with E-state index in [1.54, 1.807) is 10.7 Å². The van der Waals surface area contributed by atoms with Gasteiger partial charge in [0, 0.05) is 18.7 Å². The van der Waals surface area contributed by atoms with E-state index in [0.29, 0.717) is 46.7 Å². The molecule has 0 radical (unpaired) electrons. The molecule has 0 aliphatic carbocycles. The fraction of sp³-hybridized carbons (Fsp3) is 0.250. The zero-order valence-corrected chi connectivity index (χ0v) is 13.9. The molecule has 0 unspecified atom stereocenters.